The van der Waals surface area contributed by atoms with Gasteiger partial charge in [-0.1, -0.05) is 19.8 Å². The molecule has 0 saturated heterocycles. The lowest BCUT2D eigenvalue weighted by Gasteiger charge is -2.30. The Morgan fingerprint density at radius 3 is 2.45 bits per heavy atom. The fraction of sp³-hybridized carbons (Fsp3) is 0.571. The number of carbonyl (C=O) groups excluding carboxylic acids is 3. The van der Waals surface area contributed by atoms with Crippen molar-refractivity contribution in [2.45, 2.75) is 51.7 Å². The number of esters is 1. The topological polar surface area (TPSA) is 103 Å². The Bertz CT molecular complexity index is 736. The molecule has 1 aliphatic rings. The largest absolute Gasteiger partial charge is 0.493 e. The van der Waals surface area contributed by atoms with Crippen LogP contribution in [0, 0.1) is 5.92 Å². The van der Waals surface area contributed by atoms with Crippen molar-refractivity contribution in [2.75, 3.05) is 20.8 Å². The Kier molecular flexibility index (Phi) is 8.30. The third-order valence-corrected chi connectivity index (χ3v) is 5.16. The highest BCUT2D eigenvalue weighted by molar-refractivity contribution is 5.96. The molecule has 2 N–H and O–H groups in total. The van der Waals surface area contributed by atoms with Gasteiger partial charge in [0.15, 0.2) is 17.6 Å². The van der Waals surface area contributed by atoms with Crippen LogP contribution in [0.3, 0.4) is 0 Å². The molecule has 1 fully saturated rings. The number of hydrogen-bond donors (Lipinski definition) is 2. The number of carbonyl (C=O) groups is 3. The van der Waals surface area contributed by atoms with Crippen molar-refractivity contribution in [1.82, 2.24) is 10.6 Å². The molecule has 0 bridgehead atoms. The SMILES string of the molecule is COc1ccc(C(=O)NCC(=O)OC(C)C(=O)NC2CCCCC2C)cc1OC. The van der Waals surface area contributed by atoms with Crippen LogP contribution >= 0.6 is 0 Å². The zero-order chi connectivity index (χ0) is 21.4. The minimum atomic E-state index is -0.922. The quantitative estimate of drug-likeness (QED) is 0.641. The second-order valence-electron chi connectivity index (χ2n) is 7.26. The number of methoxy groups -OCH3 is 2. The Hall–Kier alpha value is -2.77. The molecule has 0 radical (unpaired) electrons. The third-order valence-electron chi connectivity index (χ3n) is 5.16. The molecule has 160 valence electrons. The molecule has 1 aromatic carbocycles. The van der Waals surface area contributed by atoms with Gasteiger partial charge in [0.2, 0.25) is 0 Å². The van der Waals surface area contributed by atoms with Crippen LogP contribution in [0.25, 0.3) is 0 Å². The molecule has 0 aromatic heterocycles. The van der Waals surface area contributed by atoms with Gasteiger partial charge < -0.3 is 24.8 Å². The standard InChI is InChI=1S/C21H30N2O6/c1-13-7-5-6-8-16(13)23-20(25)14(2)29-19(24)12-22-21(26)15-9-10-17(27-3)18(11-15)28-4/h9-11,13-14,16H,5-8,12H2,1-4H3,(H,22,26)(H,23,25). The molecule has 0 aliphatic heterocycles. The van der Waals surface area contributed by atoms with Gasteiger partial charge in [0.05, 0.1) is 14.2 Å². The Morgan fingerprint density at radius 1 is 1.10 bits per heavy atom. The lowest BCUT2D eigenvalue weighted by atomic mass is 9.86. The molecule has 0 heterocycles. The highest BCUT2D eigenvalue weighted by Crippen LogP contribution is 2.27. The van der Waals surface area contributed by atoms with Crippen LogP contribution in [-0.4, -0.2) is 50.7 Å². The third kappa shape index (κ3) is 6.37. The average Bonchev–Trinajstić information content (AvgIpc) is 2.72. The van der Waals surface area contributed by atoms with Crippen molar-refractivity contribution < 1.29 is 28.6 Å². The second kappa shape index (κ2) is 10.7. The first-order valence-electron chi connectivity index (χ1n) is 9.85. The van der Waals surface area contributed by atoms with Crippen molar-refractivity contribution in [3.05, 3.63) is 23.8 Å². The molecule has 0 spiro atoms. The summed E-state index contributed by atoms with van der Waals surface area (Å²) in [5.74, 6) is -0.144. The van der Waals surface area contributed by atoms with Crippen molar-refractivity contribution in [3.8, 4) is 11.5 Å². The Labute approximate surface area is 171 Å². The van der Waals surface area contributed by atoms with Gasteiger partial charge in [-0.05, 0) is 43.9 Å². The van der Waals surface area contributed by atoms with Gasteiger partial charge in [0, 0.05) is 11.6 Å². The van der Waals surface area contributed by atoms with Gasteiger partial charge in [0.1, 0.15) is 6.54 Å². The Morgan fingerprint density at radius 2 is 1.79 bits per heavy atom. The van der Waals surface area contributed by atoms with Gasteiger partial charge in [-0.3, -0.25) is 14.4 Å². The number of nitrogens with one attached hydrogen (secondary N) is 2. The molecule has 8 nitrogen and oxygen atoms in total. The summed E-state index contributed by atoms with van der Waals surface area (Å²) in [6.45, 7) is 3.30. The molecule has 8 heteroatoms. The molecular weight excluding hydrogens is 376 g/mol. The van der Waals surface area contributed by atoms with Crippen LogP contribution in [0.1, 0.15) is 49.9 Å². The molecule has 1 aromatic rings. The minimum absolute atomic E-state index is 0.113. The van der Waals surface area contributed by atoms with Crippen LogP contribution in [0.5, 0.6) is 11.5 Å². The first-order valence-corrected chi connectivity index (χ1v) is 9.85. The van der Waals surface area contributed by atoms with E-state index >= 15 is 0 Å². The summed E-state index contributed by atoms with van der Waals surface area (Å²) in [5, 5.41) is 5.44. The van der Waals surface area contributed by atoms with Crippen LogP contribution in [-0.2, 0) is 14.3 Å². The maximum absolute atomic E-state index is 12.3. The summed E-state index contributed by atoms with van der Waals surface area (Å²) in [6.07, 6.45) is 3.37. The van der Waals surface area contributed by atoms with Crippen molar-refractivity contribution >= 4 is 17.8 Å². The summed E-state index contributed by atoms with van der Waals surface area (Å²) >= 11 is 0. The fourth-order valence-corrected chi connectivity index (χ4v) is 3.36. The number of amides is 2. The number of benzene rings is 1. The van der Waals surface area contributed by atoms with E-state index in [0.717, 1.165) is 19.3 Å². The zero-order valence-electron chi connectivity index (χ0n) is 17.4. The van der Waals surface area contributed by atoms with E-state index < -0.39 is 18.0 Å². The van der Waals surface area contributed by atoms with E-state index in [9.17, 15) is 14.4 Å². The van der Waals surface area contributed by atoms with Gasteiger partial charge >= 0.3 is 5.97 Å². The highest BCUT2D eigenvalue weighted by atomic mass is 16.5. The summed E-state index contributed by atoms with van der Waals surface area (Å²) < 4.78 is 15.4. The predicted molar refractivity (Wildman–Crippen MR) is 107 cm³/mol. The van der Waals surface area contributed by atoms with Crippen LogP contribution in [0.2, 0.25) is 0 Å². The number of hydrogen-bond acceptors (Lipinski definition) is 6. The summed E-state index contributed by atoms with van der Waals surface area (Å²) in [7, 11) is 2.97. The van der Waals surface area contributed by atoms with Gasteiger partial charge in [0.25, 0.3) is 11.8 Å². The van der Waals surface area contributed by atoms with E-state index in [1.807, 2.05) is 0 Å². The van der Waals surface area contributed by atoms with Gasteiger partial charge in [-0.2, -0.15) is 0 Å². The van der Waals surface area contributed by atoms with E-state index in [4.69, 9.17) is 14.2 Å². The monoisotopic (exact) mass is 406 g/mol. The Balaban J connectivity index is 1.81. The van der Waals surface area contributed by atoms with Crippen LogP contribution in [0.4, 0.5) is 0 Å². The fourth-order valence-electron chi connectivity index (χ4n) is 3.36. The van der Waals surface area contributed by atoms with E-state index in [-0.39, 0.29) is 18.5 Å². The lowest BCUT2D eigenvalue weighted by molar-refractivity contribution is -0.154. The normalized spacial score (nSPS) is 19.6. The highest BCUT2D eigenvalue weighted by Gasteiger charge is 2.26. The predicted octanol–water partition coefficient (Wildman–Crippen LogP) is 2.06. The molecule has 3 atom stereocenters. The molecule has 2 amide bonds. The van der Waals surface area contributed by atoms with Crippen LogP contribution in [0.15, 0.2) is 18.2 Å². The smallest absolute Gasteiger partial charge is 0.326 e. The lowest BCUT2D eigenvalue weighted by Crippen LogP contribution is -2.46. The maximum atomic E-state index is 12.3. The average molecular weight is 406 g/mol. The number of ether oxygens (including phenoxy) is 3. The van der Waals surface area contributed by atoms with Crippen molar-refractivity contribution in [3.63, 3.8) is 0 Å². The summed E-state index contributed by atoms with van der Waals surface area (Å²) in [6, 6.07) is 4.79. The molecule has 1 saturated carbocycles. The first-order chi connectivity index (χ1) is 13.8. The van der Waals surface area contributed by atoms with Gasteiger partial charge in [-0.15, -0.1) is 0 Å². The first kappa shape index (κ1) is 22.5. The second-order valence-corrected chi connectivity index (χ2v) is 7.26. The van der Waals surface area contributed by atoms with Crippen LogP contribution < -0.4 is 20.1 Å². The van der Waals surface area contributed by atoms with E-state index in [1.54, 1.807) is 12.1 Å². The molecule has 29 heavy (non-hydrogen) atoms. The summed E-state index contributed by atoms with van der Waals surface area (Å²) in [5.41, 5.74) is 0.313. The maximum Gasteiger partial charge on any atom is 0.326 e. The van der Waals surface area contributed by atoms with E-state index in [2.05, 4.69) is 17.6 Å². The zero-order valence-corrected chi connectivity index (χ0v) is 17.4. The molecule has 3 unspecified atom stereocenters. The van der Waals surface area contributed by atoms with E-state index in [1.165, 1.54) is 33.6 Å². The van der Waals surface area contributed by atoms with E-state index in [0.29, 0.717) is 23.0 Å². The molecular formula is C21H30N2O6. The molecule has 1 aliphatic carbocycles. The van der Waals surface area contributed by atoms with Crippen molar-refractivity contribution in [2.24, 2.45) is 5.92 Å². The number of rotatable bonds is 8. The van der Waals surface area contributed by atoms with Gasteiger partial charge in [-0.25, -0.2) is 0 Å². The minimum Gasteiger partial charge on any atom is -0.493 e. The molecule has 2 rings (SSSR count). The van der Waals surface area contributed by atoms with Crippen molar-refractivity contribution in [1.29, 1.82) is 0 Å². The summed E-state index contributed by atoms with van der Waals surface area (Å²) in [4.78, 5) is 36.5.